The van der Waals surface area contributed by atoms with Crippen molar-refractivity contribution in [2.45, 2.75) is 19.4 Å². The Morgan fingerprint density at radius 1 is 1.29 bits per heavy atom. The van der Waals surface area contributed by atoms with E-state index in [-0.39, 0.29) is 25.5 Å². The van der Waals surface area contributed by atoms with Gasteiger partial charge in [0.2, 0.25) is 0 Å². The molecule has 4 N–H and O–H groups in total. The second-order valence-electron chi connectivity index (χ2n) is 3.32. The van der Waals surface area contributed by atoms with Gasteiger partial charge in [0.25, 0.3) is 5.56 Å². The zero-order valence-corrected chi connectivity index (χ0v) is 9.00. The minimum absolute atomic E-state index is 0.0257. The lowest BCUT2D eigenvalue weighted by Crippen LogP contribution is -2.34. The van der Waals surface area contributed by atoms with E-state index in [1.807, 2.05) is 4.98 Å². The maximum Gasteiger partial charge on any atom is 0.330 e. The van der Waals surface area contributed by atoms with Crippen molar-refractivity contribution in [3.05, 3.63) is 32.6 Å². The molecule has 8 nitrogen and oxygen atoms in total. The highest BCUT2D eigenvalue weighted by molar-refractivity contribution is 5.02. The monoisotopic (exact) mass is 246 g/mol. The molecule has 0 radical (unpaired) electrons. The molecular weight excluding hydrogens is 232 g/mol. The molecule has 0 aliphatic carbocycles. The number of aliphatic hydroxyl groups is 3. The lowest BCUT2D eigenvalue weighted by atomic mass is 10.3. The molecule has 0 aliphatic rings. The van der Waals surface area contributed by atoms with E-state index in [4.69, 9.17) is 20.1 Å². The Kier molecular flexibility index (Phi) is 5.04. The van der Waals surface area contributed by atoms with Gasteiger partial charge in [-0.2, -0.15) is 0 Å². The summed E-state index contributed by atoms with van der Waals surface area (Å²) < 4.78 is 6.03. The van der Waals surface area contributed by atoms with Crippen molar-refractivity contribution in [3.8, 4) is 0 Å². The summed E-state index contributed by atoms with van der Waals surface area (Å²) in [6.45, 7) is -1.52. The molecule has 17 heavy (non-hydrogen) atoms. The first-order chi connectivity index (χ1) is 8.12. The summed E-state index contributed by atoms with van der Waals surface area (Å²) >= 11 is 0. The maximum atomic E-state index is 11.3. The zero-order chi connectivity index (χ0) is 12.8. The summed E-state index contributed by atoms with van der Waals surface area (Å²) in [6.07, 6.45) is 0.360. The van der Waals surface area contributed by atoms with E-state index in [9.17, 15) is 9.59 Å². The highest BCUT2D eigenvalue weighted by Gasteiger charge is 2.08. The first kappa shape index (κ1) is 13.6. The highest BCUT2D eigenvalue weighted by atomic mass is 16.5. The van der Waals surface area contributed by atoms with Gasteiger partial charge >= 0.3 is 5.69 Å². The Hall–Kier alpha value is -1.48. The van der Waals surface area contributed by atoms with Crippen molar-refractivity contribution in [2.75, 3.05) is 13.2 Å². The molecule has 0 fully saturated rings. The van der Waals surface area contributed by atoms with Gasteiger partial charge in [0.1, 0.15) is 12.8 Å². The summed E-state index contributed by atoms with van der Waals surface area (Å²) in [5.74, 6) is 0. The van der Waals surface area contributed by atoms with Gasteiger partial charge in [0, 0.05) is 6.20 Å². The van der Waals surface area contributed by atoms with Crippen LogP contribution in [0.3, 0.4) is 0 Å². The van der Waals surface area contributed by atoms with E-state index in [1.54, 1.807) is 0 Å². The Bertz CT molecular complexity index is 461. The van der Waals surface area contributed by atoms with Gasteiger partial charge in [-0.25, -0.2) is 4.79 Å². The van der Waals surface area contributed by atoms with Gasteiger partial charge in [-0.3, -0.25) is 14.3 Å². The number of aromatic nitrogens is 2. The van der Waals surface area contributed by atoms with E-state index in [0.29, 0.717) is 0 Å². The maximum absolute atomic E-state index is 11.3. The fourth-order valence-electron chi connectivity index (χ4n) is 1.11. The quantitative estimate of drug-likeness (QED) is 0.434. The SMILES string of the molecule is O=c1[nH]c(=O)n(COC(CO)CO)cc1CO. The molecule has 1 heterocycles. The minimum atomic E-state index is -0.800. The van der Waals surface area contributed by atoms with Crippen LogP contribution in [0.5, 0.6) is 0 Å². The summed E-state index contributed by atoms with van der Waals surface area (Å²) in [5, 5.41) is 26.3. The largest absolute Gasteiger partial charge is 0.394 e. The number of aromatic amines is 1. The van der Waals surface area contributed by atoms with Gasteiger partial charge in [0.15, 0.2) is 0 Å². The Morgan fingerprint density at radius 2 is 1.94 bits per heavy atom. The van der Waals surface area contributed by atoms with Crippen LogP contribution in [0.15, 0.2) is 15.8 Å². The molecule has 0 atom stereocenters. The van der Waals surface area contributed by atoms with Crippen molar-refractivity contribution < 1.29 is 20.1 Å². The fourth-order valence-corrected chi connectivity index (χ4v) is 1.11. The molecule has 0 saturated carbocycles. The average Bonchev–Trinajstić information content (AvgIpc) is 2.32. The van der Waals surface area contributed by atoms with Crippen molar-refractivity contribution in [2.24, 2.45) is 0 Å². The predicted molar refractivity (Wildman–Crippen MR) is 56.3 cm³/mol. The van der Waals surface area contributed by atoms with Gasteiger partial charge in [-0.05, 0) is 0 Å². The molecule has 0 bridgehead atoms. The summed E-state index contributed by atoms with van der Waals surface area (Å²) in [4.78, 5) is 24.4. The molecule has 0 aromatic carbocycles. The smallest absolute Gasteiger partial charge is 0.330 e. The van der Waals surface area contributed by atoms with Crippen LogP contribution in [0.2, 0.25) is 0 Å². The molecule has 0 unspecified atom stereocenters. The third-order valence-corrected chi connectivity index (χ3v) is 2.11. The van der Waals surface area contributed by atoms with Crippen LogP contribution in [0.25, 0.3) is 0 Å². The van der Waals surface area contributed by atoms with Gasteiger partial charge in [0.05, 0.1) is 25.4 Å². The Morgan fingerprint density at radius 3 is 2.47 bits per heavy atom. The third-order valence-electron chi connectivity index (χ3n) is 2.11. The van der Waals surface area contributed by atoms with Crippen LogP contribution in [0.4, 0.5) is 0 Å². The van der Waals surface area contributed by atoms with Gasteiger partial charge in [-0.15, -0.1) is 0 Å². The standard InChI is InChI=1S/C9H14N2O6/c12-2-6-1-11(9(16)10-8(6)15)5-17-7(3-13)4-14/h1,7,12-14H,2-5H2,(H,10,15,16). The van der Waals surface area contributed by atoms with E-state index in [2.05, 4.69) is 0 Å². The summed E-state index contributed by atoms with van der Waals surface area (Å²) in [6, 6.07) is 0. The van der Waals surface area contributed by atoms with Crippen LogP contribution >= 0.6 is 0 Å². The first-order valence-electron chi connectivity index (χ1n) is 4.89. The molecule has 0 spiro atoms. The molecule has 0 amide bonds. The molecule has 8 heteroatoms. The molecular formula is C9H14N2O6. The van der Waals surface area contributed by atoms with Crippen LogP contribution < -0.4 is 11.2 Å². The number of ether oxygens (including phenoxy) is 1. The van der Waals surface area contributed by atoms with Gasteiger partial charge in [-0.1, -0.05) is 0 Å². The first-order valence-corrected chi connectivity index (χ1v) is 4.89. The predicted octanol–water partition coefficient (Wildman–Crippen LogP) is -2.64. The molecule has 1 aromatic heterocycles. The fraction of sp³-hybridized carbons (Fsp3) is 0.556. The van der Waals surface area contributed by atoms with Crippen molar-refractivity contribution in [1.82, 2.24) is 9.55 Å². The highest BCUT2D eigenvalue weighted by Crippen LogP contribution is 1.93. The number of H-pyrrole nitrogens is 1. The number of nitrogens with one attached hydrogen (secondary N) is 1. The molecule has 96 valence electrons. The van der Waals surface area contributed by atoms with Gasteiger partial charge < -0.3 is 20.1 Å². The lowest BCUT2D eigenvalue weighted by Gasteiger charge is -2.13. The topological polar surface area (TPSA) is 125 Å². The second kappa shape index (κ2) is 6.30. The molecule has 1 aromatic rings. The van der Waals surface area contributed by atoms with E-state index in [0.717, 1.165) is 10.8 Å². The molecule has 0 aliphatic heterocycles. The summed E-state index contributed by atoms with van der Waals surface area (Å²) in [7, 11) is 0. The Balaban J connectivity index is 2.84. The minimum Gasteiger partial charge on any atom is -0.394 e. The normalized spacial score (nSPS) is 11.1. The number of aliphatic hydroxyl groups excluding tert-OH is 3. The second-order valence-corrected chi connectivity index (χ2v) is 3.32. The van der Waals surface area contributed by atoms with Crippen LogP contribution in [0.1, 0.15) is 5.56 Å². The Labute approximate surface area is 95.7 Å². The van der Waals surface area contributed by atoms with Crippen molar-refractivity contribution in [3.63, 3.8) is 0 Å². The number of hydrogen-bond acceptors (Lipinski definition) is 6. The van der Waals surface area contributed by atoms with E-state index >= 15 is 0 Å². The van der Waals surface area contributed by atoms with Crippen molar-refractivity contribution in [1.29, 1.82) is 0 Å². The number of rotatable bonds is 6. The number of nitrogens with zero attached hydrogens (tertiary/aromatic N) is 1. The third kappa shape index (κ3) is 3.49. The molecule has 0 saturated heterocycles. The van der Waals surface area contributed by atoms with Crippen LogP contribution in [-0.2, 0) is 18.1 Å². The van der Waals surface area contributed by atoms with Crippen LogP contribution in [-0.4, -0.2) is 44.2 Å². The van der Waals surface area contributed by atoms with Crippen molar-refractivity contribution >= 4 is 0 Å². The summed E-state index contributed by atoms with van der Waals surface area (Å²) in [5.41, 5.74) is -1.32. The van der Waals surface area contributed by atoms with Crippen LogP contribution in [0, 0.1) is 0 Å². The van der Waals surface area contributed by atoms with E-state index in [1.165, 1.54) is 0 Å². The lowest BCUT2D eigenvalue weighted by molar-refractivity contribution is -0.0514. The van der Waals surface area contributed by atoms with E-state index < -0.39 is 24.0 Å². The molecule has 1 rings (SSSR count). The average molecular weight is 246 g/mol. The number of hydrogen-bond donors (Lipinski definition) is 4. The zero-order valence-electron chi connectivity index (χ0n) is 9.00.